The molecule has 0 atom stereocenters. The van der Waals surface area contributed by atoms with E-state index < -0.39 is 11.7 Å². The number of nitrogens with zero attached hydrogens (tertiary/aromatic N) is 3. The number of rotatable bonds is 2. The normalized spacial score (nSPS) is 15.7. The van der Waals surface area contributed by atoms with Crippen molar-refractivity contribution in [2.75, 3.05) is 13.1 Å². The number of benzene rings is 1. The Morgan fingerprint density at radius 1 is 1.15 bits per heavy atom. The van der Waals surface area contributed by atoms with Gasteiger partial charge in [0.05, 0.1) is 11.1 Å². The van der Waals surface area contributed by atoms with Gasteiger partial charge in [-0.05, 0) is 35.6 Å². The van der Waals surface area contributed by atoms with Crippen LogP contribution in [0.3, 0.4) is 0 Å². The number of aryl methyl sites for hydroxylation is 1. The van der Waals surface area contributed by atoms with Crippen LogP contribution in [0.25, 0.3) is 10.2 Å². The molecule has 0 aliphatic carbocycles. The molecule has 1 aromatic carbocycles. The summed E-state index contributed by atoms with van der Waals surface area (Å²) in [7, 11) is 0. The molecule has 0 radical (unpaired) electrons. The van der Waals surface area contributed by atoms with Gasteiger partial charge in [0, 0.05) is 32.6 Å². The fraction of sp³-hybridized carbons (Fsp3) is 0.368. The van der Waals surface area contributed by atoms with Gasteiger partial charge in [-0.25, -0.2) is 4.98 Å². The van der Waals surface area contributed by atoms with E-state index >= 15 is 0 Å². The molecule has 1 aliphatic rings. The molecule has 0 saturated heterocycles. The fourth-order valence-electron chi connectivity index (χ4n) is 3.41. The number of hydrogen-bond donors (Lipinski definition) is 0. The van der Waals surface area contributed by atoms with Crippen LogP contribution in [0.4, 0.5) is 13.2 Å². The van der Waals surface area contributed by atoms with Gasteiger partial charge in [0.15, 0.2) is 0 Å². The summed E-state index contributed by atoms with van der Waals surface area (Å²) in [6.07, 6.45) is -3.68. The predicted octanol–water partition coefficient (Wildman–Crippen LogP) is 3.84. The van der Waals surface area contributed by atoms with Gasteiger partial charge in [-0.2, -0.15) is 13.2 Å². The third kappa shape index (κ3) is 3.51. The van der Waals surface area contributed by atoms with Crippen LogP contribution >= 0.6 is 11.3 Å². The van der Waals surface area contributed by atoms with Gasteiger partial charge in [-0.15, -0.1) is 11.3 Å². The Labute approximate surface area is 157 Å². The van der Waals surface area contributed by atoms with Gasteiger partial charge in [-0.3, -0.25) is 14.3 Å². The molecule has 0 unspecified atom stereocenters. The lowest BCUT2D eigenvalue weighted by Gasteiger charge is -2.19. The van der Waals surface area contributed by atoms with E-state index in [1.165, 1.54) is 23.5 Å². The topological polar surface area (TPSA) is 38.1 Å². The molecule has 0 fully saturated rings. The van der Waals surface area contributed by atoms with Crippen molar-refractivity contribution >= 4 is 21.6 Å². The summed E-state index contributed by atoms with van der Waals surface area (Å²) in [4.78, 5) is 19.6. The molecule has 3 heterocycles. The monoisotopic (exact) mass is 393 g/mol. The highest BCUT2D eigenvalue weighted by atomic mass is 32.1. The summed E-state index contributed by atoms with van der Waals surface area (Å²) in [6, 6.07) is 5.27. The smallest absolute Gasteiger partial charge is 0.297 e. The zero-order valence-corrected chi connectivity index (χ0v) is 15.5. The third-order valence-corrected chi connectivity index (χ3v) is 5.99. The van der Waals surface area contributed by atoms with Crippen LogP contribution in [0, 0.1) is 6.92 Å². The van der Waals surface area contributed by atoms with Gasteiger partial charge < -0.3 is 0 Å². The highest BCUT2D eigenvalue weighted by molar-refractivity contribution is 7.17. The summed E-state index contributed by atoms with van der Waals surface area (Å²) in [5.74, 6) is 0.781. The molecule has 2 aromatic heterocycles. The average molecular weight is 393 g/mol. The maximum atomic E-state index is 12.7. The second-order valence-electron chi connectivity index (χ2n) is 6.80. The lowest BCUT2D eigenvalue weighted by Crippen LogP contribution is -2.28. The molecule has 0 spiro atoms. The molecule has 0 N–H and O–H groups in total. The van der Waals surface area contributed by atoms with Crippen molar-refractivity contribution in [1.29, 1.82) is 0 Å². The van der Waals surface area contributed by atoms with E-state index in [1.54, 1.807) is 4.57 Å². The van der Waals surface area contributed by atoms with Crippen molar-refractivity contribution in [1.82, 2.24) is 14.5 Å². The number of alkyl halides is 3. The van der Waals surface area contributed by atoms with Crippen LogP contribution in [0.15, 0.2) is 34.4 Å². The molecule has 8 heteroatoms. The molecule has 4 nitrogen and oxygen atoms in total. The molecular formula is C19H18F3N3OS. The van der Waals surface area contributed by atoms with Gasteiger partial charge in [-0.1, -0.05) is 12.1 Å². The van der Waals surface area contributed by atoms with Crippen LogP contribution in [-0.4, -0.2) is 27.5 Å². The average Bonchev–Trinajstić information content (AvgIpc) is 2.87. The second-order valence-corrected chi connectivity index (χ2v) is 7.68. The highest BCUT2D eigenvalue weighted by Crippen LogP contribution is 2.29. The Balaban J connectivity index is 1.53. The molecular weight excluding hydrogens is 375 g/mol. The standard InChI is InChI=1S/C19H18F3N3OS/c1-12-11-27-17-16(12)23-15-6-7-24(8-9-25(15)18(17)26)10-13-2-4-14(5-3-13)19(20,21)22/h2-5,11H,6-10H2,1H3. The van der Waals surface area contributed by atoms with Crippen LogP contribution < -0.4 is 5.56 Å². The molecule has 27 heavy (non-hydrogen) atoms. The zero-order chi connectivity index (χ0) is 19.2. The minimum absolute atomic E-state index is 0.00415. The summed E-state index contributed by atoms with van der Waals surface area (Å²) >= 11 is 1.43. The van der Waals surface area contributed by atoms with E-state index in [1.807, 2.05) is 12.3 Å². The Morgan fingerprint density at radius 2 is 1.89 bits per heavy atom. The van der Waals surface area contributed by atoms with E-state index in [4.69, 9.17) is 4.98 Å². The van der Waals surface area contributed by atoms with Crippen LogP contribution in [0.1, 0.15) is 22.5 Å². The van der Waals surface area contributed by atoms with E-state index in [-0.39, 0.29) is 5.56 Å². The second kappa shape index (κ2) is 6.76. The SMILES string of the molecule is Cc1csc2c(=O)n3c(nc12)CCN(Cc1ccc(C(F)(F)F)cc1)CC3. The third-order valence-electron chi connectivity index (χ3n) is 4.91. The Kier molecular flexibility index (Phi) is 4.55. The molecule has 0 amide bonds. The molecule has 0 bridgehead atoms. The first-order valence-electron chi connectivity index (χ1n) is 8.69. The van der Waals surface area contributed by atoms with Crippen LogP contribution in [0.5, 0.6) is 0 Å². The summed E-state index contributed by atoms with van der Waals surface area (Å²) in [5.41, 5.74) is 1.99. The first kappa shape index (κ1) is 18.2. The lowest BCUT2D eigenvalue weighted by atomic mass is 10.1. The van der Waals surface area contributed by atoms with Gasteiger partial charge in [0.1, 0.15) is 10.5 Å². The number of thiophene rings is 1. The van der Waals surface area contributed by atoms with Gasteiger partial charge in [0.2, 0.25) is 0 Å². The number of aromatic nitrogens is 2. The van der Waals surface area contributed by atoms with Crippen LogP contribution in [0.2, 0.25) is 0 Å². The Morgan fingerprint density at radius 3 is 2.59 bits per heavy atom. The quantitative estimate of drug-likeness (QED) is 0.664. The predicted molar refractivity (Wildman–Crippen MR) is 99.0 cm³/mol. The number of hydrogen-bond acceptors (Lipinski definition) is 4. The minimum Gasteiger partial charge on any atom is -0.297 e. The van der Waals surface area contributed by atoms with Crippen molar-refractivity contribution < 1.29 is 13.2 Å². The molecule has 0 saturated carbocycles. The molecule has 4 rings (SSSR count). The number of halogens is 3. The zero-order valence-electron chi connectivity index (χ0n) is 14.7. The summed E-state index contributed by atoms with van der Waals surface area (Å²) in [6.45, 7) is 4.41. The number of fused-ring (bicyclic) bond motifs is 2. The van der Waals surface area contributed by atoms with Gasteiger partial charge >= 0.3 is 6.18 Å². The minimum atomic E-state index is -4.32. The van der Waals surface area contributed by atoms with Crippen molar-refractivity contribution in [3.8, 4) is 0 Å². The van der Waals surface area contributed by atoms with Gasteiger partial charge in [0.25, 0.3) is 5.56 Å². The van der Waals surface area contributed by atoms with Crippen molar-refractivity contribution in [2.45, 2.75) is 32.6 Å². The molecule has 3 aromatic rings. The van der Waals surface area contributed by atoms with E-state index in [0.29, 0.717) is 37.3 Å². The van der Waals surface area contributed by atoms with E-state index in [2.05, 4.69) is 4.90 Å². The van der Waals surface area contributed by atoms with E-state index in [0.717, 1.165) is 34.6 Å². The van der Waals surface area contributed by atoms with Crippen molar-refractivity contribution in [3.05, 3.63) is 62.5 Å². The van der Waals surface area contributed by atoms with E-state index in [9.17, 15) is 18.0 Å². The summed E-state index contributed by atoms with van der Waals surface area (Å²) < 4.78 is 40.5. The first-order valence-corrected chi connectivity index (χ1v) is 9.57. The molecule has 142 valence electrons. The first-order chi connectivity index (χ1) is 12.8. The Hall–Kier alpha value is -2.19. The van der Waals surface area contributed by atoms with Crippen molar-refractivity contribution in [2.24, 2.45) is 0 Å². The highest BCUT2D eigenvalue weighted by Gasteiger charge is 2.30. The lowest BCUT2D eigenvalue weighted by molar-refractivity contribution is -0.137. The molecule has 1 aliphatic heterocycles. The maximum absolute atomic E-state index is 12.7. The summed E-state index contributed by atoms with van der Waals surface area (Å²) in [5, 5.41) is 1.95. The maximum Gasteiger partial charge on any atom is 0.416 e. The fourth-order valence-corrected chi connectivity index (χ4v) is 4.34. The largest absolute Gasteiger partial charge is 0.416 e. The Bertz CT molecular complexity index is 1040. The van der Waals surface area contributed by atoms with Crippen molar-refractivity contribution in [3.63, 3.8) is 0 Å². The van der Waals surface area contributed by atoms with Crippen LogP contribution in [-0.2, 0) is 25.7 Å².